The summed E-state index contributed by atoms with van der Waals surface area (Å²) in [6.45, 7) is 9.11. The standard InChI is InChI=1S/C25H30ClN5O2S/c1-16(31-8-11-32-12-9-31)17-5-6-20(18-4-3-10-33-24(17)18)29-22-14-21(27-7-13-34-2)23-19(26)15-28-25(23)30-22/h5-6,14-15H,1,3-4,7-13H2,2H3,(H3,27,28,29,30). The van der Waals surface area contributed by atoms with Crippen LogP contribution < -0.4 is 15.4 Å². The summed E-state index contributed by atoms with van der Waals surface area (Å²) in [5.74, 6) is 2.69. The Morgan fingerprint density at radius 1 is 1.26 bits per heavy atom. The fourth-order valence-electron chi connectivity index (χ4n) is 4.54. The van der Waals surface area contributed by atoms with Crippen LogP contribution in [0.1, 0.15) is 17.5 Å². The Labute approximate surface area is 209 Å². The molecule has 1 aromatic carbocycles. The molecule has 9 heteroatoms. The van der Waals surface area contributed by atoms with Crippen molar-refractivity contribution in [2.24, 2.45) is 0 Å². The zero-order valence-corrected chi connectivity index (χ0v) is 21.0. The van der Waals surface area contributed by atoms with E-state index in [2.05, 4.69) is 45.5 Å². The number of ether oxygens (including phenoxy) is 2. The van der Waals surface area contributed by atoms with Crippen LogP contribution in [0.2, 0.25) is 5.02 Å². The van der Waals surface area contributed by atoms with Gasteiger partial charge in [-0.3, -0.25) is 0 Å². The van der Waals surface area contributed by atoms with Crippen molar-refractivity contribution in [2.45, 2.75) is 12.8 Å². The number of aromatic amines is 1. The van der Waals surface area contributed by atoms with Crippen LogP contribution >= 0.6 is 23.4 Å². The lowest BCUT2D eigenvalue weighted by Gasteiger charge is -2.32. The molecule has 0 unspecified atom stereocenters. The van der Waals surface area contributed by atoms with Crippen LogP contribution in [0.5, 0.6) is 5.75 Å². The quantitative estimate of drug-likeness (QED) is 0.360. The predicted octanol–water partition coefficient (Wildman–Crippen LogP) is 5.36. The highest BCUT2D eigenvalue weighted by molar-refractivity contribution is 7.98. The zero-order valence-electron chi connectivity index (χ0n) is 19.4. The lowest BCUT2D eigenvalue weighted by atomic mass is 9.98. The second-order valence-electron chi connectivity index (χ2n) is 8.43. The normalized spacial score (nSPS) is 15.6. The number of thioether (sulfide) groups is 1. The van der Waals surface area contributed by atoms with E-state index < -0.39 is 0 Å². The summed E-state index contributed by atoms with van der Waals surface area (Å²) in [7, 11) is 0. The van der Waals surface area contributed by atoms with Gasteiger partial charge in [-0.1, -0.05) is 18.2 Å². The molecule has 180 valence electrons. The van der Waals surface area contributed by atoms with Crippen molar-refractivity contribution in [3.63, 3.8) is 0 Å². The predicted molar refractivity (Wildman–Crippen MR) is 143 cm³/mol. The first-order valence-corrected chi connectivity index (χ1v) is 13.4. The average molecular weight is 500 g/mol. The summed E-state index contributed by atoms with van der Waals surface area (Å²) in [4.78, 5) is 10.2. The van der Waals surface area contributed by atoms with Crippen LogP contribution in [-0.4, -0.2) is 66.3 Å². The fraction of sp³-hybridized carbons (Fsp3) is 0.400. The minimum absolute atomic E-state index is 0.664. The van der Waals surface area contributed by atoms with E-state index >= 15 is 0 Å². The number of nitrogens with zero attached hydrogens (tertiary/aromatic N) is 2. The van der Waals surface area contributed by atoms with Gasteiger partial charge in [-0.05, 0) is 31.2 Å². The number of fused-ring (bicyclic) bond motifs is 2. The number of anilines is 3. The van der Waals surface area contributed by atoms with Crippen molar-refractivity contribution in [1.29, 1.82) is 0 Å². The van der Waals surface area contributed by atoms with Gasteiger partial charge in [0.2, 0.25) is 0 Å². The van der Waals surface area contributed by atoms with E-state index in [9.17, 15) is 0 Å². The molecule has 0 radical (unpaired) electrons. The van der Waals surface area contributed by atoms with E-state index in [-0.39, 0.29) is 0 Å². The lowest BCUT2D eigenvalue weighted by Crippen LogP contribution is -2.34. The van der Waals surface area contributed by atoms with Gasteiger partial charge in [0.05, 0.1) is 35.9 Å². The zero-order chi connectivity index (χ0) is 23.5. The molecule has 2 aromatic heterocycles. The summed E-state index contributed by atoms with van der Waals surface area (Å²) in [5.41, 5.74) is 5.95. The molecule has 0 atom stereocenters. The number of rotatable bonds is 8. The third-order valence-corrected chi connectivity index (χ3v) is 7.17. The number of hydrogen-bond acceptors (Lipinski definition) is 7. The molecule has 1 fully saturated rings. The largest absolute Gasteiger partial charge is 0.493 e. The Hall–Kier alpha value is -2.55. The average Bonchev–Trinajstić information content (AvgIpc) is 3.25. The van der Waals surface area contributed by atoms with Gasteiger partial charge in [-0.25, -0.2) is 4.98 Å². The van der Waals surface area contributed by atoms with E-state index in [4.69, 9.17) is 26.1 Å². The molecular formula is C25H30ClN5O2S. The molecule has 4 heterocycles. The molecule has 0 spiro atoms. The molecule has 0 aliphatic carbocycles. The molecule has 2 aliphatic heterocycles. The molecule has 1 saturated heterocycles. The number of H-pyrrole nitrogens is 1. The number of halogens is 1. The highest BCUT2D eigenvalue weighted by Gasteiger charge is 2.24. The number of morpholine rings is 1. The summed E-state index contributed by atoms with van der Waals surface area (Å²) in [6, 6.07) is 6.24. The number of pyridine rings is 1. The van der Waals surface area contributed by atoms with Crippen molar-refractivity contribution >= 4 is 57.3 Å². The van der Waals surface area contributed by atoms with Gasteiger partial charge in [-0.15, -0.1) is 0 Å². The maximum atomic E-state index is 6.44. The van der Waals surface area contributed by atoms with Crippen LogP contribution in [0, 0.1) is 0 Å². The Kier molecular flexibility index (Phi) is 7.08. The molecule has 0 bridgehead atoms. The van der Waals surface area contributed by atoms with Crippen LogP contribution in [0.15, 0.2) is 31.0 Å². The minimum atomic E-state index is 0.664. The van der Waals surface area contributed by atoms with Gasteiger partial charge < -0.3 is 30.0 Å². The first-order chi connectivity index (χ1) is 16.7. The van der Waals surface area contributed by atoms with Gasteiger partial charge in [-0.2, -0.15) is 11.8 Å². The number of benzene rings is 1. The van der Waals surface area contributed by atoms with Crippen molar-refractivity contribution in [2.75, 3.05) is 62.1 Å². The number of aromatic nitrogens is 2. The molecule has 5 rings (SSSR count). The topological polar surface area (TPSA) is 74.4 Å². The van der Waals surface area contributed by atoms with Crippen LogP contribution in [-0.2, 0) is 11.2 Å². The van der Waals surface area contributed by atoms with Gasteiger partial charge >= 0.3 is 0 Å². The highest BCUT2D eigenvalue weighted by atomic mass is 35.5. The van der Waals surface area contributed by atoms with E-state index in [1.54, 1.807) is 18.0 Å². The molecule has 34 heavy (non-hydrogen) atoms. The van der Waals surface area contributed by atoms with Crippen LogP contribution in [0.25, 0.3) is 16.7 Å². The highest BCUT2D eigenvalue weighted by Crippen LogP contribution is 2.40. The van der Waals surface area contributed by atoms with Crippen molar-refractivity contribution in [1.82, 2.24) is 14.9 Å². The molecule has 2 aliphatic rings. The van der Waals surface area contributed by atoms with Crippen molar-refractivity contribution < 1.29 is 9.47 Å². The van der Waals surface area contributed by atoms with E-state index in [0.29, 0.717) is 11.6 Å². The first kappa shape index (κ1) is 23.2. The third kappa shape index (κ3) is 4.67. The molecule has 0 saturated carbocycles. The van der Waals surface area contributed by atoms with Gasteiger partial charge in [0, 0.05) is 60.2 Å². The second kappa shape index (κ2) is 10.4. The Morgan fingerprint density at radius 2 is 2.12 bits per heavy atom. The summed E-state index contributed by atoms with van der Waals surface area (Å²) >= 11 is 8.24. The van der Waals surface area contributed by atoms with E-state index in [0.717, 1.165) is 96.7 Å². The smallest absolute Gasteiger partial charge is 0.143 e. The van der Waals surface area contributed by atoms with Crippen LogP contribution in [0.3, 0.4) is 0 Å². The first-order valence-electron chi connectivity index (χ1n) is 11.6. The molecule has 3 aromatic rings. The van der Waals surface area contributed by atoms with Gasteiger partial charge in [0.1, 0.15) is 17.2 Å². The fourth-order valence-corrected chi connectivity index (χ4v) is 5.09. The molecular weight excluding hydrogens is 470 g/mol. The lowest BCUT2D eigenvalue weighted by molar-refractivity contribution is 0.0639. The monoisotopic (exact) mass is 499 g/mol. The Balaban J connectivity index is 1.47. The minimum Gasteiger partial charge on any atom is -0.493 e. The molecule has 3 N–H and O–H groups in total. The van der Waals surface area contributed by atoms with Gasteiger partial charge in [0.15, 0.2) is 0 Å². The SMILES string of the molecule is C=C(c1ccc(Nc2cc(NCCSC)c3c(Cl)c[nH]c3n2)c2c1OCCC2)N1CCOCC1. The summed E-state index contributed by atoms with van der Waals surface area (Å²) in [6.07, 6.45) is 5.81. The summed E-state index contributed by atoms with van der Waals surface area (Å²) in [5, 5.41) is 8.63. The number of nitrogens with one attached hydrogen (secondary N) is 3. The van der Waals surface area contributed by atoms with Crippen LogP contribution in [0.4, 0.5) is 17.2 Å². The molecule has 7 nitrogen and oxygen atoms in total. The third-order valence-electron chi connectivity index (χ3n) is 6.26. The maximum absolute atomic E-state index is 6.44. The van der Waals surface area contributed by atoms with E-state index in [1.165, 1.54) is 5.56 Å². The summed E-state index contributed by atoms with van der Waals surface area (Å²) < 4.78 is 11.7. The Bertz CT molecular complexity index is 1190. The van der Waals surface area contributed by atoms with Gasteiger partial charge in [0.25, 0.3) is 0 Å². The Morgan fingerprint density at radius 3 is 2.94 bits per heavy atom. The van der Waals surface area contributed by atoms with Crippen molar-refractivity contribution in [3.05, 3.63) is 47.1 Å². The number of hydrogen-bond donors (Lipinski definition) is 3. The molecule has 0 amide bonds. The maximum Gasteiger partial charge on any atom is 0.143 e. The second-order valence-corrected chi connectivity index (χ2v) is 9.82. The van der Waals surface area contributed by atoms with Crippen molar-refractivity contribution in [3.8, 4) is 5.75 Å². The van der Waals surface area contributed by atoms with E-state index in [1.807, 2.05) is 6.07 Å².